The minimum absolute atomic E-state index is 0.0196. The van der Waals surface area contributed by atoms with Gasteiger partial charge in [-0.15, -0.1) is 11.8 Å². The van der Waals surface area contributed by atoms with Gasteiger partial charge in [-0.2, -0.15) is 19.0 Å². The molecule has 1 fully saturated rings. The monoisotopic (exact) mass is 470 g/mol. The summed E-state index contributed by atoms with van der Waals surface area (Å²) in [7, 11) is -0.845. The van der Waals surface area contributed by atoms with Crippen LogP contribution in [0.15, 0.2) is 0 Å². The van der Waals surface area contributed by atoms with Crippen molar-refractivity contribution in [1.82, 2.24) is 5.32 Å². The Morgan fingerprint density at radius 1 is 1.30 bits per heavy atom. The predicted octanol–water partition coefficient (Wildman–Crippen LogP) is 3.12. The number of carbonyl (C=O) groups excluding carboxylic acids is 1. The summed E-state index contributed by atoms with van der Waals surface area (Å²) in [6.07, 6.45) is -6.11. The van der Waals surface area contributed by atoms with Gasteiger partial charge in [0.1, 0.15) is 18.4 Å². The van der Waals surface area contributed by atoms with Gasteiger partial charge in [-0.3, -0.25) is 4.79 Å². The normalized spacial score (nSPS) is 24.9. The van der Waals surface area contributed by atoms with E-state index in [1.807, 2.05) is 6.26 Å². The van der Waals surface area contributed by atoms with E-state index in [-0.39, 0.29) is 17.6 Å². The lowest BCUT2D eigenvalue weighted by Gasteiger charge is -2.37. The van der Waals surface area contributed by atoms with Crippen LogP contribution in [0, 0.1) is 11.7 Å². The van der Waals surface area contributed by atoms with Crippen LogP contribution in [0.2, 0.25) is 18.1 Å². The third-order valence-corrected chi connectivity index (χ3v) is 9.94. The fourth-order valence-electron chi connectivity index (χ4n) is 2.28. The molecule has 1 rings (SSSR count). The second-order valence-corrected chi connectivity index (χ2v) is 14.0. The summed E-state index contributed by atoms with van der Waals surface area (Å²) in [5.74, 6) is 2.98. The molecular weight excluding hydrogens is 441 g/mol. The van der Waals surface area contributed by atoms with Gasteiger partial charge in [0.25, 0.3) is 7.28 Å². The molecule has 0 bridgehead atoms. The van der Waals surface area contributed by atoms with Crippen molar-refractivity contribution in [1.29, 1.82) is 0 Å². The van der Waals surface area contributed by atoms with Gasteiger partial charge < -0.3 is 19.2 Å². The number of carbonyl (C=O) groups is 1. The van der Waals surface area contributed by atoms with Crippen molar-refractivity contribution < 1.29 is 36.3 Å². The number of nitrogens with one attached hydrogen (secondary N) is 1. The van der Waals surface area contributed by atoms with E-state index in [1.165, 1.54) is 19.0 Å². The number of thioether (sulfide) groups is 1. The lowest BCUT2D eigenvalue weighted by molar-refractivity contribution is -0.173. The fraction of sp³-hybridized carbons (Fsp3) is 0.833. The van der Waals surface area contributed by atoms with E-state index in [0.717, 1.165) is 0 Å². The van der Waals surface area contributed by atoms with E-state index in [2.05, 4.69) is 45.6 Å². The van der Waals surface area contributed by atoms with Crippen LogP contribution >= 0.6 is 11.8 Å². The topological polar surface area (TPSA) is 56.8 Å². The summed E-state index contributed by atoms with van der Waals surface area (Å²) in [4.78, 5) is 10.7. The molecule has 4 atom stereocenters. The zero-order chi connectivity index (χ0) is 23.2. The molecule has 1 unspecified atom stereocenters. The van der Waals surface area contributed by atoms with E-state index >= 15 is 0 Å². The number of hydrogen-bond acceptors (Lipinski definition) is 5. The Hall–Kier alpha value is -0.738. The maximum atomic E-state index is 14.9. The number of rotatable bonds is 8. The summed E-state index contributed by atoms with van der Waals surface area (Å²) in [6.45, 7) is 10.1. The van der Waals surface area contributed by atoms with Crippen LogP contribution in [0.25, 0.3) is 0 Å². The summed E-state index contributed by atoms with van der Waals surface area (Å²) >= 11 is 1.40. The first-order valence-electron chi connectivity index (χ1n) is 9.41. The average molecular weight is 470 g/mol. The maximum absolute atomic E-state index is 14.9. The molecule has 0 spiro atoms. The zero-order valence-electron chi connectivity index (χ0n) is 18.1. The van der Waals surface area contributed by atoms with Crippen LogP contribution in [0.4, 0.5) is 17.6 Å². The summed E-state index contributed by atoms with van der Waals surface area (Å²) in [6, 6.07) is -1.00. The van der Waals surface area contributed by atoms with Gasteiger partial charge in [0.15, 0.2) is 8.32 Å². The zero-order valence-corrected chi connectivity index (χ0v) is 19.9. The molecule has 0 aliphatic carbocycles. The number of ether oxygens (including phenoxy) is 2. The minimum atomic E-state index is -4.97. The first kappa shape index (κ1) is 27.3. The molecule has 1 amide bonds. The molecular formula is C18H29BF4NO4SSi. The summed E-state index contributed by atoms with van der Waals surface area (Å²) < 4.78 is 68.7. The van der Waals surface area contributed by atoms with Crippen LogP contribution in [0.3, 0.4) is 0 Å². The highest BCUT2D eigenvalue weighted by molar-refractivity contribution is 7.98. The Kier molecular flexibility index (Phi) is 10.2. The number of hydrogen-bond donors (Lipinski definition) is 1. The molecule has 0 aromatic carbocycles. The van der Waals surface area contributed by atoms with Gasteiger partial charge in [-0.25, -0.2) is 4.39 Å². The van der Waals surface area contributed by atoms with Crippen molar-refractivity contribution in [3.05, 3.63) is 0 Å². The molecule has 1 aliphatic heterocycles. The highest BCUT2D eigenvalue weighted by Gasteiger charge is 2.47. The van der Waals surface area contributed by atoms with Crippen LogP contribution < -0.4 is 5.32 Å². The van der Waals surface area contributed by atoms with E-state index < -0.39 is 51.3 Å². The van der Waals surface area contributed by atoms with Crippen molar-refractivity contribution in [2.45, 2.75) is 69.5 Å². The molecule has 1 heterocycles. The van der Waals surface area contributed by atoms with Gasteiger partial charge in [-0.1, -0.05) is 26.7 Å². The number of amides is 1. The van der Waals surface area contributed by atoms with Crippen molar-refractivity contribution in [2.75, 3.05) is 25.3 Å². The van der Waals surface area contributed by atoms with Crippen LogP contribution in [-0.2, 0) is 18.7 Å². The van der Waals surface area contributed by atoms with Gasteiger partial charge in [0.05, 0.1) is 25.1 Å². The van der Waals surface area contributed by atoms with E-state index in [0.29, 0.717) is 0 Å². The molecule has 0 saturated carbocycles. The largest absolute Gasteiger partial charge is 0.471 e. The van der Waals surface area contributed by atoms with Gasteiger partial charge in [0.2, 0.25) is 0 Å². The standard InChI is InChI=1S/C18H29BF4NO4SSi/c1-17(2,3)30(5,6)27-10-12-14(26-11-29-4)13(20)15(28-12)19-8-7-9-24-16(25)18(21,22)23/h12-15H,9-11H2,1-6H3,(H,24,25)/t12-,13+,14?,15-/m1/s1. The average Bonchev–Trinajstić information content (AvgIpc) is 2.91. The van der Waals surface area contributed by atoms with E-state index in [4.69, 9.17) is 13.9 Å². The molecule has 5 nitrogen and oxygen atoms in total. The summed E-state index contributed by atoms with van der Waals surface area (Å²) in [5.41, 5.74) is 0. The Morgan fingerprint density at radius 2 is 1.93 bits per heavy atom. The lowest BCUT2D eigenvalue weighted by atomic mass is 9.70. The van der Waals surface area contributed by atoms with Crippen LogP contribution in [-0.4, -0.2) is 77.4 Å². The molecule has 12 heteroatoms. The molecule has 30 heavy (non-hydrogen) atoms. The SMILES string of the molecule is CSCOC1[C@@H](CO[Si](C)(C)C(C)(C)C)O[C@@H]([B]C#CCNC(=O)C(F)(F)F)[C@H]1F. The van der Waals surface area contributed by atoms with Gasteiger partial charge in [0, 0.05) is 0 Å². The van der Waals surface area contributed by atoms with Crippen LogP contribution in [0.5, 0.6) is 0 Å². The maximum Gasteiger partial charge on any atom is 0.471 e. The molecule has 1 saturated heterocycles. The second kappa shape index (κ2) is 11.2. The predicted molar refractivity (Wildman–Crippen MR) is 113 cm³/mol. The number of alkyl halides is 4. The molecule has 1 N–H and O–H groups in total. The lowest BCUT2D eigenvalue weighted by Crippen LogP contribution is -2.44. The molecule has 1 radical (unpaired) electrons. The van der Waals surface area contributed by atoms with E-state index in [1.54, 1.807) is 5.32 Å². The highest BCUT2D eigenvalue weighted by atomic mass is 32.2. The van der Waals surface area contributed by atoms with Crippen molar-refractivity contribution >= 4 is 33.3 Å². The number of halogens is 4. The smallest absolute Gasteiger partial charge is 0.414 e. The van der Waals surface area contributed by atoms with Crippen LogP contribution in [0.1, 0.15) is 20.8 Å². The third kappa shape index (κ3) is 8.07. The van der Waals surface area contributed by atoms with Crippen molar-refractivity contribution in [2.24, 2.45) is 0 Å². The van der Waals surface area contributed by atoms with Crippen molar-refractivity contribution in [3.63, 3.8) is 0 Å². The third-order valence-electron chi connectivity index (χ3n) is 5.06. The Balaban J connectivity index is 2.68. The molecule has 0 aromatic rings. The second-order valence-electron chi connectivity index (χ2n) is 8.36. The fourth-order valence-corrected chi connectivity index (χ4v) is 3.59. The van der Waals surface area contributed by atoms with E-state index in [9.17, 15) is 22.4 Å². The summed E-state index contributed by atoms with van der Waals surface area (Å²) in [5, 5.41) is 1.60. The quantitative estimate of drug-likeness (QED) is 0.256. The molecule has 1 aliphatic rings. The first-order chi connectivity index (χ1) is 13.7. The van der Waals surface area contributed by atoms with Gasteiger partial charge >= 0.3 is 12.1 Å². The van der Waals surface area contributed by atoms with Gasteiger partial charge in [-0.05, 0) is 24.4 Å². The van der Waals surface area contributed by atoms with Crippen molar-refractivity contribution in [3.8, 4) is 11.7 Å². The Labute approximate surface area is 181 Å². The highest BCUT2D eigenvalue weighted by Crippen LogP contribution is 2.37. The Morgan fingerprint density at radius 3 is 2.47 bits per heavy atom. The Bertz CT molecular complexity index is 636. The minimum Gasteiger partial charge on any atom is -0.414 e. The molecule has 0 aromatic heterocycles. The molecule has 171 valence electrons. The first-order valence-corrected chi connectivity index (χ1v) is 13.7.